The van der Waals surface area contributed by atoms with Crippen molar-refractivity contribution in [3.8, 4) is 5.88 Å². The van der Waals surface area contributed by atoms with E-state index in [0.29, 0.717) is 5.56 Å². The van der Waals surface area contributed by atoms with Gasteiger partial charge in [-0.15, -0.1) is 0 Å². The van der Waals surface area contributed by atoms with E-state index in [1.165, 1.54) is 29.9 Å². The van der Waals surface area contributed by atoms with Crippen LogP contribution < -0.4 is 16.1 Å². The van der Waals surface area contributed by atoms with Crippen LogP contribution in [0.3, 0.4) is 0 Å². The van der Waals surface area contributed by atoms with Gasteiger partial charge >= 0.3 is 5.69 Å². The summed E-state index contributed by atoms with van der Waals surface area (Å²) in [5.74, 6) is 0.350. The van der Waals surface area contributed by atoms with Gasteiger partial charge in [-0.3, -0.25) is 18.8 Å². The van der Waals surface area contributed by atoms with Crippen LogP contribution in [0.15, 0.2) is 33.9 Å². The summed E-state index contributed by atoms with van der Waals surface area (Å²) in [6.45, 7) is 2.14. The van der Waals surface area contributed by atoms with Crippen LogP contribution in [0.25, 0.3) is 0 Å². The van der Waals surface area contributed by atoms with E-state index in [9.17, 15) is 19.8 Å². The molecule has 8 heteroatoms. The SMILES string of the molecule is CC[C@@H]1[C@H]2C[C@@H]3[C@@H]4N(C)c5ccccc5[C@]45C[C@@H]([C@@H]2[C@H]5O)N3[C@@H]1c1c(O)n(C)c(=O)n(C)c1=O. The molecule has 34 heavy (non-hydrogen) atoms. The number of hydrogen-bond acceptors (Lipinski definition) is 6. The third-order valence-corrected chi connectivity index (χ3v) is 10.5. The first-order valence-electron chi connectivity index (χ1n) is 12.5. The molecule has 1 unspecified atom stereocenters. The van der Waals surface area contributed by atoms with Crippen LogP contribution in [0.5, 0.6) is 5.88 Å². The van der Waals surface area contributed by atoms with Crippen LogP contribution in [-0.4, -0.2) is 55.5 Å². The number of fused-ring (bicyclic) bond motifs is 2. The summed E-state index contributed by atoms with van der Waals surface area (Å²) in [6.07, 6.45) is 2.27. The molecule has 1 saturated carbocycles. The molecule has 4 saturated heterocycles. The molecule has 0 amide bonds. The number of aliphatic hydroxyl groups is 1. The van der Waals surface area contributed by atoms with Crippen molar-refractivity contribution in [1.29, 1.82) is 0 Å². The second-order valence-electron chi connectivity index (χ2n) is 11.3. The minimum absolute atomic E-state index is 0.116. The van der Waals surface area contributed by atoms with Crippen molar-refractivity contribution in [2.75, 3.05) is 11.9 Å². The quantitative estimate of drug-likeness (QED) is 0.691. The molecule has 1 aromatic carbocycles. The van der Waals surface area contributed by atoms with E-state index < -0.39 is 17.4 Å². The maximum absolute atomic E-state index is 13.4. The Labute approximate surface area is 198 Å². The van der Waals surface area contributed by atoms with Gasteiger partial charge in [0, 0.05) is 56.3 Å². The van der Waals surface area contributed by atoms with Crippen LogP contribution >= 0.6 is 0 Å². The van der Waals surface area contributed by atoms with Crippen LogP contribution in [0.4, 0.5) is 5.69 Å². The lowest BCUT2D eigenvalue weighted by atomic mass is 9.59. The molecule has 180 valence electrons. The van der Waals surface area contributed by atoms with Gasteiger partial charge in [0.25, 0.3) is 5.56 Å². The van der Waals surface area contributed by atoms with Crippen molar-refractivity contribution in [1.82, 2.24) is 14.0 Å². The molecule has 5 aliphatic heterocycles. The number of anilines is 1. The smallest absolute Gasteiger partial charge is 0.333 e. The molecule has 6 aliphatic rings. The van der Waals surface area contributed by atoms with Crippen LogP contribution in [0.1, 0.15) is 43.4 Å². The fourth-order valence-electron chi connectivity index (χ4n) is 9.41. The van der Waals surface area contributed by atoms with Crippen LogP contribution in [-0.2, 0) is 19.5 Å². The van der Waals surface area contributed by atoms with E-state index in [-0.39, 0.29) is 53.2 Å². The number of piperidine rings is 4. The van der Waals surface area contributed by atoms with Gasteiger partial charge in [0.05, 0.1) is 17.7 Å². The van der Waals surface area contributed by atoms with Crippen molar-refractivity contribution in [2.24, 2.45) is 31.8 Å². The summed E-state index contributed by atoms with van der Waals surface area (Å²) in [6, 6.07) is 8.68. The highest BCUT2D eigenvalue weighted by atomic mass is 16.3. The Hall–Kier alpha value is -2.58. The number of aromatic hydroxyl groups is 1. The fourth-order valence-corrected chi connectivity index (χ4v) is 9.41. The Bertz CT molecular complexity index is 1350. The lowest BCUT2D eigenvalue weighted by Gasteiger charge is -2.64. The summed E-state index contributed by atoms with van der Waals surface area (Å²) in [5.41, 5.74) is 1.59. The number of hydrogen-bond donors (Lipinski definition) is 2. The molecule has 5 bridgehead atoms. The Morgan fingerprint density at radius 3 is 2.56 bits per heavy atom. The third-order valence-electron chi connectivity index (χ3n) is 10.5. The second kappa shape index (κ2) is 6.34. The number of nitrogens with zero attached hydrogens (tertiary/aromatic N) is 4. The van der Waals surface area contributed by atoms with Gasteiger partial charge in [-0.2, -0.15) is 0 Å². The molecular formula is C26H32N4O4. The molecule has 2 N–H and O–H groups in total. The van der Waals surface area contributed by atoms with Gasteiger partial charge in [0.15, 0.2) is 0 Å². The summed E-state index contributed by atoms with van der Waals surface area (Å²) >= 11 is 0. The molecule has 5 fully saturated rings. The first-order chi connectivity index (χ1) is 16.3. The monoisotopic (exact) mass is 464 g/mol. The van der Waals surface area contributed by atoms with Gasteiger partial charge in [0.1, 0.15) is 0 Å². The molecular weight excluding hydrogens is 432 g/mol. The highest BCUT2D eigenvalue weighted by molar-refractivity contribution is 5.67. The minimum Gasteiger partial charge on any atom is -0.494 e. The second-order valence-corrected chi connectivity index (χ2v) is 11.3. The zero-order valence-electron chi connectivity index (χ0n) is 20.0. The highest BCUT2D eigenvalue weighted by Crippen LogP contribution is 2.71. The van der Waals surface area contributed by atoms with Gasteiger partial charge in [-0.05, 0) is 36.3 Å². The normalized spacial score (nSPS) is 42.9. The summed E-state index contributed by atoms with van der Waals surface area (Å²) < 4.78 is 2.31. The van der Waals surface area contributed by atoms with Crippen molar-refractivity contribution in [3.63, 3.8) is 0 Å². The van der Waals surface area contributed by atoms with E-state index in [1.807, 2.05) is 0 Å². The molecule has 0 radical (unpaired) electrons. The largest absolute Gasteiger partial charge is 0.494 e. The van der Waals surface area contributed by atoms with Gasteiger partial charge < -0.3 is 15.1 Å². The number of benzene rings is 1. The zero-order chi connectivity index (χ0) is 23.8. The topological polar surface area (TPSA) is 90.9 Å². The van der Waals surface area contributed by atoms with Crippen molar-refractivity contribution in [2.45, 2.75) is 61.9 Å². The molecule has 8 rings (SSSR count). The number of aliphatic hydroxyl groups excluding tert-OH is 1. The van der Waals surface area contributed by atoms with Crippen molar-refractivity contribution in [3.05, 3.63) is 56.2 Å². The molecule has 1 spiro atoms. The Morgan fingerprint density at radius 1 is 1.09 bits per heavy atom. The van der Waals surface area contributed by atoms with E-state index in [1.54, 1.807) is 0 Å². The van der Waals surface area contributed by atoms with Crippen LogP contribution in [0.2, 0.25) is 0 Å². The van der Waals surface area contributed by atoms with Gasteiger partial charge in [-0.1, -0.05) is 31.5 Å². The number of likely N-dealkylation sites (N-methyl/N-ethyl adjacent to an activating group) is 1. The number of rotatable bonds is 2. The Balaban J connectivity index is 1.47. The van der Waals surface area contributed by atoms with E-state index >= 15 is 0 Å². The summed E-state index contributed by atoms with van der Waals surface area (Å²) in [5, 5.41) is 23.1. The number of para-hydroxylation sites is 1. The Kier molecular flexibility index (Phi) is 3.87. The molecule has 1 aliphatic carbocycles. The van der Waals surface area contributed by atoms with Crippen molar-refractivity contribution < 1.29 is 10.2 Å². The van der Waals surface area contributed by atoms with Crippen LogP contribution in [0, 0.1) is 17.8 Å². The van der Waals surface area contributed by atoms with E-state index in [4.69, 9.17) is 0 Å². The Morgan fingerprint density at radius 2 is 1.82 bits per heavy atom. The molecule has 1 aromatic heterocycles. The first-order valence-corrected chi connectivity index (χ1v) is 12.5. The minimum atomic E-state index is -0.516. The average molecular weight is 465 g/mol. The van der Waals surface area contributed by atoms with Gasteiger partial charge in [-0.25, -0.2) is 4.79 Å². The van der Waals surface area contributed by atoms with E-state index in [0.717, 1.165) is 23.8 Å². The molecule has 6 heterocycles. The predicted octanol–water partition coefficient (Wildman–Crippen LogP) is 1.08. The summed E-state index contributed by atoms with van der Waals surface area (Å²) in [4.78, 5) is 30.8. The lowest BCUT2D eigenvalue weighted by Crippen LogP contribution is -2.70. The predicted molar refractivity (Wildman–Crippen MR) is 127 cm³/mol. The summed E-state index contributed by atoms with van der Waals surface area (Å²) in [7, 11) is 5.15. The zero-order valence-corrected chi connectivity index (χ0v) is 20.0. The first kappa shape index (κ1) is 20.8. The maximum Gasteiger partial charge on any atom is 0.333 e. The standard InChI is InChI=1S/C26H32N4O4/c1-5-12-13-10-16-21-26(14-8-6-7-9-15(14)27(21)2)11-17(18(13)22(26)31)30(16)20(12)19-23(32)28(3)25(34)29(4)24(19)33/h6-9,12-13,16-18,20-22,31-32H,5,10-11H2,1-4H3/t12-,13-,16-,17+,18-,20+,21+,22-,26-/m1/s1. The fraction of sp³-hybridized carbons (Fsp3) is 0.615. The van der Waals surface area contributed by atoms with Crippen molar-refractivity contribution >= 4 is 5.69 Å². The van der Waals surface area contributed by atoms with Gasteiger partial charge in [0.2, 0.25) is 5.88 Å². The maximum atomic E-state index is 13.4. The van der Waals surface area contributed by atoms with E-state index in [2.05, 4.69) is 48.0 Å². The lowest BCUT2D eigenvalue weighted by molar-refractivity contribution is -0.143. The molecule has 10 atom stereocenters. The average Bonchev–Trinajstić information content (AvgIpc) is 3.23. The molecule has 8 nitrogen and oxygen atoms in total. The number of aromatic nitrogens is 2. The highest BCUT2D eigenvalue weighted by Gasteiger charge is 2.76. The third kappa shape index (κ3) is 1.98. The molecule has 2 aromatic rings.